The van der Waals surface area contributed by atoms with Gasteiger partial charge in [0, 0.05) is 12.8 Å². The first-order chi connectivity index (χ1) is 36.0. The van der Waals surface area contributed by atoms with Crippen molar-refractivity contribution in [1.82, 2.24) is 5.32 Å². The number of aliphatic hydroxyl groups is 2. The van der Waals surface area contributed by atoms with Crippen LogP contribution in [0.4, 0.5) is 0 Å². The number of unbranched alkanes of at least 4 members (excludes halogenated alkanes) is 46. The van der Waals surface area contributed by atoms with Gasteiger partial charge in [0.05, 0.1) is 25.4 Å². The van der Waals surface area contributed by atoms with E-state index in [0.29, 0.717) is 19.4 Å². The van der Waals surface area contributed by atoms with E-state index in [2.05, 4.69) is 43.5 Å². The highest BCUT2D eigenvalue weighted by Crippen LogP contribution is 2.17. The Labute approximate surface area is 455 Å². The number of aliphatic hydroxyl groups excluding tert-OH is 2. The number of carbonyl (C=O) groups excluding carboxylic acids is 2. The van der Waals surface area contributed by atoms with Gasteiger partial charge in [-0.2, -0.15) is 0 Å². The van der Waals surface area contributed by atoms with Gasteiger partial charge in [-0.1, -0.05) is 314 Å². The molecule has 73 heavy (non-hydrogen) atoms. The molecule has 0 aromatic rings. The number of ether oxygens (including phenoxy) is 1. The van der Waals surface area contributed by atoms with Gasteiger partial charge in [-0.3, -0.25) is 9.59 Å². The highest BCUT2D eigenvalue weighted by Gasteiger charge is 2.18. The first-order valence-electron chi connectivity index (χ1n) is 32.8. The normalized spacial score (nSPS) is 12.8. The van der Waals surface area contributed by atoms with Gasteiger partial charge in [0.1, 0.15) is 0 Å². The topological polar surface area (TPSA) is 95.9 Å². The molecular formula is C67H127NO5. The van der Waals surface area contributed by atoms with E-state index >= 15 is 0 Å². The highest BCUT2D eigenvalue weighted by atomic mass is 16.5. The van der Waals surface area contributed by atoms with Crippen molar-refractivity contribution in [1.29, 1.82) is 0 Å². The molecule has 3 N–H and O–H groups in total. The monoisotopic (exact) mass is 1030 g/mol. The molecule has 0 saturated heterocycles. The van der Waals surface area contributed by atoms with E-state index in [-0.39, 0.29) is 18.5 Å². The molecule has 0 heterocycles. The van der Waals surface area contributed by atoms with Crippen molar-refractivity contribution in [3.05, 3.63) is 36.5 Å². The predicted octanol–water partition coefficient (Wildman–Crippen LogP) is 20.8. The van der Waals surface area contributed by atoms with Crippen LogP contribution < -0.4 is 5.32 Å². The summed E-state index contributed by atoms with van der Waals surface area (Å²) in [6.07, 6.45) is 79.3. The minimum Gasteiger partial charge on any atom is -0.466 e. The fourth-order valence-corrected chi connectivity index (χ4v) is 10.1. The van der Waals surface area contributed by atoms with Crippen LogP contribution in [0.5, 0.6) is 0 Å². The molecule has 6 heteroatoms. The van der Waals surface area contributed by atoms with Crippen molar-refractivity contribution in [2.24, 2.45) is 0 Å². The third kappa shape index (κ3) is 59.2. The summed E-state index contributed by atoms with van der Waals surface area (Å²) < 4.78 is 5.50. The molecule has 0 rings (SSSR count). The summed E-state index contributed by atoms with van der Waals surface area (Å²) in [5.74, 6) is -0.0545. The molecule has 0 aliphatic heterocycles. The standard InChI is InChI=1S/C67H127NO5/c1-3-5-7-9-11-13-15-16-17-31-35-38-41-45-49-53-57-61-67(72)73-62-58-54-50-46-42-39-36-33-30-28-26-24-22-20-18-19-21-23-25-27-29-32-34-37-40-44-48-52-56-60-66(71)68-64(63-69)65(70)59-55-51-47-43-14-12-10-8-6-4-2/h18,20,24,26,55,59,64-65,69-70H,3-17,19,21-23,25,27-54,56-58,60-63H2,1-2H3,(H,68,71)/b20-18-,26-24-,59-55+. The van der Waals surface area contributed by atoms with Crippen LogP contribution in [0.15, 0.2) is 36.5 Å². The molecule has 6 nitrogen and oxygen atoms in total. The third-order valence-corrected chi connectivity index (χ3v) is 15.2. The van der Waals surface area contributed by atoms with Gasteiger partial charge in [-0.25, -0.2) is 0 Å². The van der Waals surface area contributed by atoms with Gasteiger partial charge in [0.15, 0.2) is 0 Å². The van der Waals surface area contributed by atoms with Crippen molar-refractivity contribution < 1.29 is 24.5 Å². The molecule has 430 valence electrons. The Kier molecular flexibility index (Phi) is 61.0. The molecule has 0 aliphatic carbocycles. The van der Waals surface area contributed by atoms with E-state index in [1.165, 1.54) is 283 Å². The first-order valence-corrected chi connectivity index (χ1v) is 32.8. The van der Waals surface area contributed by atoms with Crippen LogP contribution in [-0.2, 0) is 14.3 Å². The van der Waals surface area contributed by atoms with Crippen LogP contribution in [0, 0.1) is 0 Å². The van der Waals surface area contributed by atoms with Crippen LogP contribution in [0.25, 0.3) is 0 Å². The van der Waals surface area contributed by atoms with Crippen molar-refractivity contribution in [3.63, 3.8) is 0 Å². The number of hydrogen-bond donors (Lipinski definition) is 3. The van der Waals surface area contributed by atoms with E-state index in [1.54, 1.807) is 6.08 Å². The van der Waals surface area contributed by atoms with E-state index in [0.717, 1.165) is 44.9 Å². The molecule has 0 fully saturated rings. The van der Waals surface area contributed by atoms with Gasteiger partial charge < -0.3 is 20.3 Å². The third-order valence-electron chi connectivity index (χ3n) is 15.2. The molecule has 2 atom stereocenters. The Morgan fingerprint density at radius 2 is 0.685 bits per heavy atom. The second kappa shape index (κ2) is 62.6. The van der Waals surface area contributed by atoms with Gasteiger partial charge in [0.2, 0.25) is 5.91 Å². The highest BCUT2D eigenvalue weighted by molar-refractivity contribution is 5.76. The number of rotatable bonds is 61. The predicted molar refractivity (Wildman–Crippen MR) is 319 cm³/mol. The Balaban J connectivity index is 3.38. The SMILES string of the molecule is CCCCCCCCCC/C=C/C(O)C(CO)NC(=O)CCCCCCCCCCCCCCC/C=C\C/C=C\CCCCCCCCCCCOC(=O)CCCCCCCCCCCCCCCCCCC. The summed E-state index contributed by atoms with van der Waals surface area (Å²) in [5.41, 5.74) is 0. The molecule has 2 unspecified atom stereocenters. The van der Waals surface area contributed by atoms with Crippen LogP contribution in [0.3, 0.4) is 0 Å². The number of carbonyl (C=O) groups is 2. The van der Waals surface area contributed by atoms with Gasteiger partial charge >= 0.3 is 5.97 Å². The van der Waals surface area contributed by atoms with Crippen LogP contribution in [-0.4, -0.2) is 47.4 Å². The fraction of sp³-hybridized carbons (Fsp3) is 0.881. The molecule has 0 spiro atoms. The number of amides is 1. The maximum absolute atomic E-state index is 12.4. The van der Waals surface area contributed by atoms with Crippen molar-refractivity contribution >= 4 is 11.9 Å². The number of hydrogen-bond acceptors (Lipinski definition) is 5. The van der Waals surface area contributed by atoms with Crippen molar-refractivity contribution in [3.8, 4) is 0 Å². The lowest BCUT2D eigenvalue weighted by Crippen LogP contribution is -2.45. The lowest BCUT2D eigenvalue weighted by molar-refractivity contribution is -0.143. The zero-order chi connectivity index (χ0) is 52.9. The number of nitrogens with one attached hydrogen (secondary N) is 1. The summed E-state index contributed by atoms with van der Waals surface area (Å²) >= 11 is 0. The molecule has 0 bridgehead atoms. The second-order valence-corrected chi connectivity index (χ2v) is 22.5. The summed E-state index contributed by atoms with van der Waals surface area (Å²) in [6.45, 7) is 4.90. The molecule has 0 aromatic carbocycles. The van der Waals surface area contributed by atoms with Crippen molar-refractivity contribution in [2.45, 2.75) is 366 Å². The van der Waals surface area contributed by atoms with Gasteiger partial charge in [0.25, 0.3) is 0 Å². The van der Waals surface area contributed by atoms with Crippen molar-refractivity contribution in [2.75, 3.05) is 13.2 Å². The Bertz CT molecular complexity index is 1180. The molecule has 0 aromatic heterocycles. The smallest absolute Gasteiger partial charge is 0.305 e. The number of allylic oxidation sites excluding steroid dienone is 5. The largest absolute Gasteiger partial charge is 0.466 e. The van der Waals surface area contributed by atoms with E-state index in [4.69, 9.17) is 4.74 Å². The molecular weight excluding hydrogens is 899 g/mol. The minimum atomic E-state index is -0.843. The van der Waals surface area contributed by atoms with Crippen LogP contribution >= 0.6 is 0 Å². The zero-order valence-corrected chi connectivity index (χ0v) is 49.1. The molecule has 0 saturated carbocycles. The van der Waals surface area contributed by atoms with Gasteiger partial charge in [-0.15, -0.1) is 0 Å². The maximum atomic E-state index is 12.4. The molecule has 1 amide bonds. The lowest BCUT2D eigenvalue weighted by atomic mass is 10.0. The average Bonchev–Trinajstić information content (AvgIpc) is 3.39. The average molecular weight is 1030 g/mol. The second-order valence-electron chi connectivity index (χ2n) is 22.5. The lowest BCUT2D eigenvalue weighted by Gasteiger charge is -2.20. The Morgan fingerprint density at radius 1 is 0.384 bits per heavy atom. The first kappa shape index (κ1) is 71.1. The van der Waals surface area contributed by atoms with Gasteiger partial charge in [-0.05, 0) is 64.2 Å². The number of esters is 1. The van der Waals surface area contributed by atoms with E-state index in [1.807, 2.05) is 6.08 Å². The Hall–Kier alpha value is -1.92. The summed E-state index contributed by atoms with van der Waals surface area (Å²) in [5, 5.41) is 23.0. The fourth-order valence-electron chi connectivity index (χ4n) is 10.1. The maximum Gasteiger partial charge on any atom is 0.305 e. The summed E-state index contributed by atoms with van der Waals surface area (Å²) in [6, 6.07) is -0.627. The summed E-state index contributed by atoms with van der Waals surface area (Å²) in [7, 11) is 0. The molecule has 0 radical (unpaired) electrons. The van der Waals surface area contributed by atoms with Crippen LogP contribution in [0.1, 0.15) is 354 Å². The summed E-state index contributed by atoms with van der Waals surface area (Å²) in [4.78, 5) is 24.5. The van der Waals surface area contributed by atoms with E-state index < -0.39 is 12.1 Å². The van der Waals surface area contributed by atoms with Crippen LogP contribution in [0.2, 0.25) is 0 Å². The Morgan fingerprint density at radius 3 is 1.04 bits per heavy atom. The minimum absolute atomic E-state index is 0.0157. The molecule has 0 aliphatic rings. The van der Waals surface area contributed by atoms with E-state index in [9.17, 15) is 19.8 Å². The zero-order valence-electron chi connectivity index (χ0n) is 49.1. The quantitative estimate of drug-likeness (QED) is 0.0320.